The maximum absolute atomic E-state index is 11.8. The van der Waals surface area contributed by atoms with Crippen molar-refractivity contribution >= 4 is 6.09 Å². The van der Waals surface area contributed by atoms with Crippen LogP contribution in [0.15, 0.2) is 42.7 Å². The minimum Gasteiger partial charge on any atom is -0.444 e. The molecule has 122 valence electrons. The van der Waals surface area contributed by atoms with Crippen molar-refractivity contribution in [2.24, 2.45) is 0 Å². The number of nitrogens with one attached hydrogen (secondary N) is 1. The van der Waals surface area contributed by atoms with Crippen molar-refractivity contribution in [3.8, 4) is 11.8 Å². The highest BCUT2D eigenvalue weighted by atomic mass is 16.6. The predicted molar refractivity (Wildman–Crippen MR) is 86.3 cm³/mol. The molecule has 0 saturated heterocycles. The molecule has 6 heteroatoms. The fourth-order valence-corrected chi connectivity index (χ4v) is 1.86. The summed E-state index contributed by atoms with van der Waals surface area (Å²) < 4.78 is 10.8. The van der Waals surface area contributed by atoms with Gasteiger partial charge in [0.05, 0.1) is 6.04 Å². The van der Waals surface area contributed by atoms with Crippen molar-refractivity contribution in [2.45, 2.75) is 39.3 Å². The summed E-state index contributed by atoms with van der Waals surface area (Å²) in [5.74, 6) is 0.603. The number of hydrogen-bond acceptors (Lipinski definition) is 5. The fourth-order valence-electron chi connectivity index (χ4n) is 1.86. The summed E-state index contributed by atoms with van der Waals surface area (Å²) >= 11 is 0. The molecule has 0 fully saturated rings. The van der Waals surface area contributed by atoms with E-state index in [1.165, 1.54) is 0 Å². The maximum atomic E-state index is 11.8. The monoisotopic (exact) mass is 315 g/mol. The van der Waals surface area contributed by atoms with Crippen LogP contribution in [0.1, 0.15) is 39.3 Å². The molecular weight excluding hydrogens is 294 g/mol. The zero-order valence-electron chi connectivity index (χ0n) is 13.7. The zero-order chi connectivity index (χ0) is 16.9. The molecule has 0 spiro atoms. The summed E-state index contributed by atoms with van der Waals surface area (Å²) in [6, 6.07) is 9.17. The van der Waals surface area contributed by atoms with Crippen LogP contribution in [0.5, 0.6) is 11.8 Å². The number of amides is 1. The first kappa shape index (κ1) is 16.7. The van der Waals surface area contributed by atoms with Gasteiger partial charge in [0.15, 0.2) is 0 Å². The number of alkyl carbamates (subject to hydrolysis) is 1. The van der Waals surface area contributed by atoms with Gasteiger partial charge in [-0.2, -0.15) is 0 Å². The number of ether oxygens (including phenoxy) is 2. The second kappa shape index (κ2) is 7.09. The molecule has 0 aliphatic rings. The molecule has 1 atom stereocenters. The highest BCUT2D eigenvalue weighted by Crippen LogP contribution is 2.22. The van der Waals surface area contributed by atoms with E-state index in [4.69, 9.17) is 9.47 Å². The van der Waals surface area contributed by atoms with Gasteiger partial charge in [0.1, 0.15) is 11.4 Å². The first-order valence-electron chi connectivity index (χ1n) is 7.38. The van der Waals surface area contributed by atoms with Crippen molar-refractivity contribution < 1.29 is 14.3 Å². The van der Waals surface area contributed by atoms with Gasteiger partial charge in [0.25, 0.3) is 0 Å². The van der Waals surface area contributed by atoms with Gasteiger partial charge in [-0.05, 0) is 51.5 Å². The Morgan fingerprint density at radius 2 is 1.87 bits per heavy atom. The van der Waals surface area contributed by atoms with Crippen LogP contribution in [0.4, 0.5) is 4.79 Å². The van der Waals surface area contributed by atoms with Crippen LogP contribution < -0.4 is 10.1 Å². The lowest BCUT2D eigenvalue weighted by Crippen LogP contribution is -2.34. The molecule has 1 amide bonds. The number of carbonyl (C=O) groups excluding carboxylic acids is 1. The fraction of sp³-hybridized carbons (Fsp3) is 0.353. The van der Waals surface area contributed by atoms with Crippen LogP contribution in [0.25, 0.3) is 0 Å². The summed E-state index contributed by atoms with van der Waals surface area (Å²) in [5.41, 5.74) is 0.364. The molecule has 0 radical (unpaired) electrons. The molecule has 0 saturated carbocycles. The third-order valence-electron chi connectivity index (χ3n) is 2.84. The van der Waals surface area contributed by atoms with E-state index < -0.39 is 11.7 Å². The maximum Gasteiger partial charge on any atom is 0.408 e. The lowest BCUT2D eigenvalue weighted by molar-refractivity contribution is 0.0508. The van der Waals surface area contributed by atoms with Crippen LogP contribution in [-0.4, -0.2) is 21.7 Å². The van der Waals surface area contributed by atoms with Crippen LogP contribution in [-0.2, 0) is 4.74 Å². The summed E-state index contributed by atoms with van der Waals surface area (Å²) in [6.07, 6.45) is 2.76. The minimum absolute atomic E-state index is 0.218. The smallest absolute Gasteiger partial charge is 0.408 e. The van der Waals surface area contributed by atoms with Crippen LogP contribution in [0.2, 0.25) is 0 Å². The van der Waals surface area contributed by atoms with E-state index in [1.54, 1.807) is 24.5 Å². The predicted octanol–water partition coefficient (Wildman–Crippen LogP) is 3.85. The zero-order valence-corrected chi connectivity index (χ0v) is 13.7. The van der Waals surface area contributed by atoms with Gasteiger partial charge in [-0.1, -0.05) is 12.1 Å². The molecule has 1 aromatic heterocycles. The Labute approximate surface area is 135 Å². The summed E-state index contributed by atoms with van der Waals surface area (Å²) in [5, 5.41) is 2.80. The minimum atomic E-state index is -0.528. The van der Waals surface area contributed by atoms with Crippen molar-refractivity contribution in [3.05, 3.63) is 48.3 Å². The number of rotatable bonds is 4. The molecule has 0 aliphatic heterocycles. The SMILES string of the molecule is C[C@H](NC(=O)OC(C)(C)C)c1cccc(Oc2ncccn2)c1. The average molecular weight is 315 g/mol. The van der Waals surface area contributed by atoms with E-state index in [1.807, 2.05) is 45.9 Å². The van der Waals surface area contributed by atoms with E-state index in [2.05, 4.69) is 15.3 Å². The summed E-state index contributed by atoms with van der Waals surface area (Å²) in [7, 11) is 0. The molecule has 1 N–H and O–H groups in total. The molecule has 0 bridgehead atoms. The second-order valence-corrected chi connectivity index (χ2v) is 6.07. The first-order valence-corrected chi connectivity index (χ1v) is 7.38. The Morgan fingerprint density at radius 3 is 2.52 bits per heavy atom. The molecule has 6 nitrogen and oxygen atoms in total. The van der Waals surface area contributed by atoms with Crippen molar-refractivity contribution in [3.63, 3.8) is 0 Å². The normalized spacial score (nSPS) is 12.3. The van der Waals surface area contributed by atoms with Crippen molar-refractivity contribution in [1.29, 1.82) is 0 Å². The number of carbonyl (C=O) groups is 1. The highest BCUT2D eigenvalue weighted by molar-refractivity contribution is 5.68. The molecule has 2 rings (SSSR count). The van der Waals surface area contributed by atoms with E-state index in [0.717, 1.165) is 5.56 Å². The largest absolute Gasteiger partial charge is 0.444 e. The topological polar surface area (TPSA) is 73.3 Å². The number of nitrogens with zero attached hydrogens (tertiary/aromatic N) is 2. The van der Waals surface area contributed by atoms with E-state index in [9.17, 15) is 4.79 Å². The summed E-state index contributed by atoms with van der Waals surface area (Å²) in [6.45, 7) is 7.35. The highest BCUT2D eigenvalue weighted by Gasteiger charge is 2.18. The van der Waals surface area contributed by atoms with Crippen LogP contribution >= 0.6 is 0 Å². The Morgan fingerprint density at radius 1 is 1.17 bits per heavy atom. The second-order valence-electron chi connectivity index (χ2n) is 6.07. The average Bonchev–Trinajstić information content (AvgIpc) is 2.46. The van der Waals surface area contributed by atoms with Gasteiger partial charge in [0, 0.05) is 12.4 Å². The Balaban J connectivity index is 2.02. The summed E-state index contributed by atoms with van der Waals surface area (Å²) in [4.78, 5) is 19.9. The molecule has 2 aromatic rings. The molecule has 23 heavy (non-hydrogen) atoms. The lowest BCUT2D eigenvalue weighted by atomic mass is 10.1. The number of aromatic nitrogens is 2. The van der Waals surface area contributed by atoms with Gasteiger partial charge < -0.3 is 14.8 Å². The molecule has 1 heterocycles. The third-order valence-corrected chi connectivity index (χ3v) is 2.84. The van der Waals surface area contributed by atoms with Gasteiger partial charge in [0.2, 0.25) is 0 Å². The van der Waals surface area contributed by atoms with E-state index >= 15 is 0 Å². The third kappa shape index (κ3) is 5.58. The quantitative estimate of drug-likeness (QED) is 0.927. The van der Waals surface area contributed by atoms with Crippen LogP contribution in [0, 0.1) is 0 Å². The van der Waals surface area contributed by atoms with Crippen LogP contribution in [0.3, 0.4) is 0 Å². The van der Waals surface area contributed by atoms with Gasteiger partial charge in [-0.15, -0.1) is 0 Å². The Kier molecular flexibility index (Phi) is 5.16. The Hall–Kier alpha value is -2.63. The number of hydrogen-bond donors (Lipinski definition) is 1. The van der Waals surface area contributed by atoms with Gasteiger partial charge in [-0.25, -0.2) is 14.8 Å². The lowest BCUT2D eigenvalue weighted by Gasteiger charge is -2.22. The molecular formula is C17H21N3O3. The number of benzene rings is 1. The van der Waals surface area contributed by atoms with Gasteiger partial charge in [-0.3, -0.25) is 0 Å². The molecule has 0 unspecified atom stereocenters. The standard InChI is InChI=1S/C17H21N3O3/c1-12(20-16(21)23-17(2,3)4)13-7-5-8-14(11-13)22-15-18-9-6-10-19-15/h5-12H,1-4H3,(H,20,21)/t12-/m0/s1. The van der Waals surface area contributed by atoms with Crippen molar-refractivity contribution in [1.82, 2.24) is 15.3 Å². The molecule has 1 aromatic carbocycles. The first-order chi connectivity index (χ1) is 10.8. The Bertz CT molecular complexity index is 654. The molecule has 0 aliphatic carbocycles. The van der Waals surface area contributed by atoms with Gasteiger partial charge >= 0.3 is 12.1 Å². The van der Waals surface area contributed by atoms with E-state index in [0.29, 0.717) is 5.75 Å². The van der Waals surface area contributed by atoms with E-state index in [-0.39, 0.29) is 12.1 Å². The van der Waals surface area contributed by atoms with Crippen molar-refractivity contribution in [2.75, 3.05) is 0 Å².